The van der Waals surface area contributed by atoms with E-state index in [4.69, 9.17) is 4.74 Å². The predicted molar refractivity (Wildman–Crippen MR) is 119 cm³/mol. The molecule has 158 valence electrons. The molecular formula is C24H28N2O4. The zero-order valence-electron chi connectivity index (χ0n) is 17.6. The van der Waals surface area contributed by atoms with Crippen molar-refractivity contribution in [1.29, 1.82) is 0 Å². The Labute approximate surface area is 176 Å². The molecule has 0 aliphatic carbocycles. The van der Waals surface area contributed by atoms with Crippen LogP contribution in [0.5, 0.6) is 5.75 Å². The third kappa shape index (κ3) is 4.48. The van der Waals surface area contributed by atoms with E-state index in [1.807, 2.05) is 42.0 Å². The topological polar surface area (TPSA) is 80.6 Å². The van der Waals surface area contributed by atoms with Crippen molar-refractivity contribution in [2.75, 3.05) is 12.4 Å². The van der Waals surface area contributed by atoms with Crippen LogP contribution >= 0.6 is 0 Å². The lowest BCUT2D eigenvalue weighted by Crippen LogP contribution is -2.22. The molecule has 0 saturated heterocycles. The number of nitrogens with one attached hydrogen (secondary N) is 1. The Morgan fingerprint density at radius 1 is 1.13 bits per heavy atom. The monoisotopic (exact) mass is 408 g/mol. The first kappa shape index (κ1) is 21.4. The molecule has 1 aromatic heterocycles. The maximum atomic E-state index is 12.7. The molecule has 0 spiro atoms. The molecule has 6 heteroatoms. The Kier molecular flexibility index (Phi) is 6.77. The highest BCUT2D eigenvalue weighted by molar-refractivity contribution is 5.95. The zero-order chi connectivity index (χ0) is 21.7. The van der Waals surface area contributed by atoms with Gasteiger partial charge in [-0.1, -0.05) is 32.8 Å². The van der Waals surface area contributed by atoms with Crippen LogP contribution in [0.3, 0.4) is 0 Å². The molecular weight excluding hydrogens is 380 g/mol. The van der Waals surface area contributed by atoms with Crippen LogP contribution in [0.1, 0.15) is 49.9 Å². The van der Waals surface area contributed by atoms with E-state index in [0.29, 0.717) is 5.75 Å². The van der Waals surface area contributed by atoms with Crippen molar-refractivity contribution in [1.82, 2.24) is 4.57 Å². The van der Waals surface area contributed by atoms with E-state index < -0.39 is 5.97 Å². The summed E-state index contributed by atoms with van der Waals surface area (Å²) in [6, 6.07) is 12.8. The van der Waals surface area contributed by atoms with Gasteiger partial charge in [0.1, 0.15) is 11.3 Å². The second kappa shape index (κ2) is 9.48. The van der Waals surface area contributed by atoms with Crippen molar-refractivity contribution in [2.24, 2.45) is 5.92 Å². The van der Waals surface area contributed by atoms with Crippen molar-refractivity contribution in [3.8, 4) is 11.4 Å². The van der Waals surface area contributed by atoms with Crippen LogP contribution in [0.25, 0.3) is 16.6 Å². The second-order valence-electron chi connectivity index (χ2n) is 7.39. The second-order valence-corrected chi connectivity index (χ2v) is 7.39. The van der Waals surface area contributed by atoms with Gasteiger partial charge in [-0.2, -0.15) is 0 Å². The molecule has 1 heterocycles. The maximum absolute atomic E-state index is 12.7. The van der Waals surface area contributed by atoms with Gasteiger partial charge in [0.15, 0.2) is 0 Å². The smallest absolute Gasteiger partial charge is 0.339 e. The van der Waals surface area contributed by atoms with Crippen molar-refractivity contribution in [3.05, 3.63) is 54.2 Å². The van der Waals surface area contributed by atoms with Gasteiger partial charge in [-0.25, -0.2) is 4.79 Å². The van der Waals surface area contributed by atoms with Crippen LogP contribution in [-0.2, 0) is 4.79 Å². The quantitative estimate of drug-likeness (QED) is 0.490. The Hall–Kier alpha value is -3.28. The lowest BCUT2D eigenvalue weighted by Gasteiger charge is -2.15. The molecule has 3 aromatic rings. The van der Waals surface area contributed by atoms with Gasteiger partial charge >= 0.3 is 5.97 Å². The number of benzene rings is 2. The predicted octanol–water partition coefficient (Wildman–Crippen LogP) is 5.49. The summed E-state index contributed by atoms with van der Waals surface area (Å²) in [4.78, 5) is 24.0. The number of unbranched alkanes of at least 4 members (excludes halogenated alkanes) is 1. The molecule has 0 radical (unpaired) electrons. The van der Waals surface area contributed by atoms with Crippen LogP contribution in [0, 0.1) is 5.92 Å². The number of aromatic nitrogens is 1. The normalized spacial score (nSPS) is 12.0. The molecule has 0 fully saturated rings. The average Bonchev–Trinajstić information content (AvgIpc) is 3.17. The third-order valence-corrected chi connectivity index (χ3v) is 5.42. The van der Waals surface area contributed by atoms with Gasteiger partial charge in [0, 0.05) is 34.9 Å². The number of carboxylic acids is 1. The highest BCUT2D eigenvalue weighted by Crippen LogP contribution is 2.28. The van der Waals surface area contributed by atoms with Crippen molar-refractivity contribution < 1.29 is 19.4 Å². The van der Waals surface area contributed by atoms with Gasteiger partial charge in [-0.3, -0.25) is 4.79 Å². The Balaban J connectivity index is 1.92. The molecule has 0 saturated carbocycles. The lowest BCUT2D eigenvalue weighted by atomic mass is 9.98. The Morgan fingerprint density at radius 3 is 2.60 bits per heavy atom. The summed E-state index contributed by atoms with van der Waals surface area (Å²) < 4.78 is 7.21. The van der Waals surface area contributed by atoms with E-state index in [9.17, 15) is 14.7 Å². The molecule has 30 heavy (non-hydrogen) atoms. The lowest BCUT2D eigenvalue weighted by molar-refractivity contribution is -0.120. The maximum Gasteiger partial charge on any atom is 0.339 e. The Bertz CT molecular complexity index is 1050. The molecule has 0 aliphatic rings. The zero-order valence-corrected chi connectivity index (χ0v) is 17.6. The van der Waals surface area contributed by atoms with Crippen LogP contribution in [0.4, 0.5) is 5.69 Å². The average molecular weight is 408 g/mol. The first-order valence-electron chi connectivity index (χ1n) is 10.3. The van der Waals surface area contributed by atoms with E-state index >= 15 is 0 Å². The van der Waals surface area contributed by atoms with Gasteiger partial charge < -0.3 is 19.7 Å². The number of amides is 1. The fourth-order valence-corrected chi connectivity index (χ4v) is 3.65. The number of aromatic carboxylic acids is 1. The van der Waals surface area contributed by atoms with E-state index in [-0.39, 0.29) is 17.4 Å². The molecule has 0 bridgehead atoms. The number of hydrogen-bond acceptors (Lipinski definition) is 3. The van der Waals surface area contributed by atoms with Gasteiger partial charge in [-0.05, 0) is 43.2 Å². The minimum atomic E-state index is -1.03. The largest absolute Gasteiger partial charge is 0.496 e. The summed E-state index contributed by atoms with van der Waals surface area (Å²) in [6.07, 6.45) is 5.75. The fourth-order valence-electron chi connectivity index (χ4n) is 3.65. The van der Waals surface area contributed by atoms with Gasteiger partial charge in [-0.15, -0.1) is 0 Å². The highest BCUT2D eigenvalue weighted by Gasteiger charge is 2.17. The molecule has 0 aliphatic heterocycles. The van der Waals surface area contributed by atoms with E-state index in [1.165, 1.54) is 13.2 Å². The van der Waals surface area contributed by atoms with Crippen LogP contribution in [0.15, 0.2) is 48.7 Å². The van der Waals surface area contributed by atoms with Crippen LogP contribution in [0.2, 0.25) is 0 Å². The molecule has 1 amide bonds. The molecule has 1 unspecified atom stereocenters. The minimum absolute atomic E-state index is 0.0141. The summed E-state index contributed by atoms with van der Waals surface area (Å²) in [5.41, 5.74) is 2.56. The van der Waals surface area contributed by atoms with Gasteiger partial charge in [0.25, 0.3) is 0 Å². The SMILES string of the molecule is CCCCC(CC)C(=O)Nc1ccc2ccn(-c3ccc(C(=O)O)c(OC)c3)c2c1. The van der Waals surface area contributed by atoms with Crippen molar-refractivity contribution in [2.45, 2.75) is 39.5 Å². The summed E-state index contributed by atoms with van der Waals surface area (Å²) >= 11 is 0. The van der Waals surface area contributed by atoms with Gasteiger partial charge in [0.05, 0.1) is 12.6 Å². The number of rotatable bonds is 9. The fraction of sp³-hybridized carbons (Fsp3) is 0.333. The standard InChI is InChI=1S/C24H28N2O4/c1-4-6-7-16(5-2)23(27)25-18-9-8-17-12-13-26(21(17)14-18)19-10-11-20(24(28)29)22(15-19)30-3/h8-16H,4-7H2,1-3H3,(H,25,27)(H,28,29). The minimum Gasteiger partial charge on any atom is -0.496 e. The number of carbonyl (C=O) groups is 2. The molecule has 1 atom stereocenters. The number of nitrogens with zero attached hydrogens (tertiary/aromatic N) is 1. The number of ether oxygens (including phenoxy) is 1. The first-order chi connectivity index (χ1) is 14.5. The number of methoxy groups -OCH3 is 1. The highest BCUT2D eigenvalue weighted by atomic mass is 16.5. The summed E-state index contributed by atoms with van der Waals surface area (Å²) in [7, 11) is 1.45. The van der Waals surface area contributed by atoms with E-state index in [0.717, 1.165) is 48.0 Å². The van der Waals surface area contributed by atoms with Crippen molar-refractivity contribution >= 4 is 28.5 Å². The number of anilines is 1. The van der Waals surface area contributed by atoms with Gasteiger partial charge in [0.2, 0.25) is 5.91 Å². The number of hydrogen-bond donors (Lipinski definition) is 2. The van der Waals surface area contributed by atoms with E-state index in [2.05, 4.69) is 12.2 Å². The number of fused-ring (bicyclic) bond motifs is 1. The molecule has 3 rings (SSSR count). The summed E-state index contributed by atoms with van der Waals surface area (Å²) in [5, 5.41) is 13.4. The van der Waals surface area contributed by atoms with Crippen LogP contribution in [-0.4, -0.2) is 28.7 Å². The first-order valence-corrected chi connectivity index (χ1v) is 10.3. The van der Waals surface area contributed by atoms with Crippen LogP contribution < -0.4 is 10.1 Å². The number of carboxylic acid groups (broad SMARTS) is 1. The third-order valence-electron chi connectivity index (χ3n) is 5.42. The number of carbonyl (C=O) groups excluding carboxylic acids is 1. The van der Waals surface area contributed by atoms with Crippen molar-refractivity contribution in [3.63, 3.8) is 0 Å². The van der Waals surface area contributed by atoms with E-state index in [1.54, 1.807) is 12.1 Å². The molecule has 6 nitrogen and oxygen atoms in total. The summed E-state index contributed by atoms with van der Waals surface area (Å²) in [5.74, 6) is -0.668. The summed E-state index contributed by atoms with van der Waals surface area (Å²) in [6.45, 7) is 4.17. The Morgan fingerprint density at radius 2 is 1.93 bits per heavy atom. The molecule has 2 aromatic carbocycles. The molecule has 2 N–H and O–H groups in total.